The molecule has 1 aliphatic heterocycles. The quantitative estimate of drug-likeness (QED) is 0.315. The van der Waals surface area contributed by atoms with Crippen LogP contribution in [0.3, 0.4) is 0 Å². The Kier molecular flexibility index (Phi) is 7.82. The lowest BCUT2D eigenvalue weighted by atomic mass is 9.70. The molecule has 2 fully saturated rings. The van der Waals surface area contributed by atoms with Crippen molar-refractivity contribution in [3.63, 3.8) is 0 Å². The monoisotopic (exact) mass is 621 g/mol. The molecule has 0 bridgehead atoms. The second kappa shape index (κ2) is 11.5. The average Bonchev–Trinajstić information content (AvgIpc) is 3.67. The number of hydrogen-bond donors (Lipinski definition) is 2. The Bertz CT molecular complexity index is 1740. The van der Waals surface area contributed by atoms with Gasteiger partial charge in [-0.3, -0.25) is 14.4 Å². The van der Waals surface area contributed by atoms with Crippen LogP contribution in [0, 0.1) is 11.3 Å². The van der Waals surface area contributed by atoms with E-state index < -0.39 is 23.4 Å². The minimum Gasteiger partial charge on any atom is -0.346 e. The fraction of sp³-hybridized carbons (Fsp3) is 0.500. The summed E-state index contributed by atoms with van der Waals surface area (Å²) in [5.74, 6) is -1.86. The van der Waals surface area contributed by atoms with E-state index in [0.717, 1.165) is 22.3 Å². The van der Waals surface area contributed by atoms with Crippen LogP contribution >= 0.6 is 0 Å². The lowest BCUT2D eigenvalue weighted by Gasteiger charge is -2.52. The van der Waals surface area contributed by atoms with Crippen molar-refractivity contribution in [3.8, 4) is 17.3 Å². The molecule has 0 radical (unpaired) electrons. The number of alkyl halides is 3. The van der Waals surface area contributed by atoms with E-state index >= 15 is 0 Å². The van der Waals surface area contributed by atoms with Crippen LogP contribution in [0.2, 0.25) is 0 Å². The summed E-state index contributed by atoms with van der Waals surface area (Å²) in [5, 5.41) is 18.3. The first-order valence-electron chi connectivity index (χ1n) is 14.8. The number of nitrogens with one attached hydrogen (secondary N) is 2. The van der Waals surface area contributed by atoms with E-state index in [1.165, 1.54) is 12.4 Å². The summed E-state index contributed by atoms with van der Waals surface area (Å²) in [6, 6.07) is 5.76. The van der Waals surface area contributed by atoms with Crippen LogP contribution in [0.15, 0.2) is 37.1 Å². The molecule has 1 aliphatic carbocycles. The number of aromatic amines is 1. The number of carbonyl (C=O) groups excluding carboxylic acids is 1. The molecule has 15 heteroatoms. The average molecular weight is 622 g/mol. The van der Waals surface area contributed by atoms with E-state index in [1.54, 1.807) is 11.1 Å². The molecule has 0 atom stereocenters. The summed E-state index contributed by atoms with van der Waals surface area (Å²) >= 11 is 0. The summed E-state index contributed by atoms with van der Waals surface area (Å²) < 4.78 is 42.6. The third kappa shape index (κ3) is 6.25. The highest BCUT2D eigenvalue weighted by atomic mass is 19.4. The number of nitrogens with zero attached hydrogens (tertiary/aromatic N) is 9. The maximum absolute atomic E-state index is 13.6. The van der Waals surface area contributed by atoms with Gasteiger partial charge in [0.15, 0.2) is 0 Å². The number of amides is 1. The lowest BCUT2D eigenvalue weighted by molar-refractivity contribution is -0.145. The van der Waals surface area contributed by atoms with Gasteiger partial charge in [0, 0.05) is 67.6 Å². The van der Waals surface area contributed by atoms with Gasteiger partial charge >= 0.3 is 6.18 Å². The molecular weight excluding hydrogens is 587 g/mol. The Morgan fingerprint density at radius 2 is 1.91 bits per heavy atom. The van der Waals surface area contributed by atoms with Crippen molar-refractivity contribution >= 4 is 16.9 Å². The molecule has 5 heterocycles. The molecule has 1 saturated carbocycles. The SMILES string of the molecule is CC(C)(C)NCc1cc(C(=O)N2CCN([C@H]3C[C@@](CC#N)(n4cc(-c5ncnc6[nH]ccc56)cn4)C3)CC2)nc(C(F)(F)F)n1. The molecule has 0 aromatic carbocycles. The van der Waals surface area contributed by atoms with Crippen LogP contribution in [0.4, 0.5) is 13.2 Å². The van der Waals surface area contributed by atoms with Crippen molar-refractivity contribution in [3.05, 3.63) is 54.3 Å². The van der Waals surface area contributed by atoms with Gasteiger partial charge in [0.2, 0.25) is 5.82 Å². The molecule has 45 heavy (non-hydrogen) atoms. The maximum Gasteiger partial charge on any atom is 0.451 e. The zero-order valence-corrected chi connectivity index (χ0v) is 25.3. The van der Waals surface area contributed by atoms with Gasteiger partial charge in [-0.05, 0) is 45.7 Å². The first-order valence-corrected chi connectivity index (χ1v) is 14.8. The molecule has 2 aliphatic rings. The third-order valence-corrected chi connectivity index (χ3v) is 8.50. The maximum atomic E-state index is 13.6. The summed E-state index contributed by atoms with van der Waals surface area (Å²) in [7, 11) is 0. The fourth-order valence-electron chi connectivity index (χ4n) is 6.07. The number of carbonyl (C=O) groups is 1. The van der Waals surface area contributed by atoms with E-state index in [2.05, 4.69) is 46.3 Å². The van der Waals surface area contributed by atoms with Crippen LogP contribution < -0.4 is 5.32 Å². The predicted molar refractivity (Wildman–Crippen MR) is 157 cm³/mol. The highest BCUT2D eigenvalue weighted by molar-refractivity contribution is 5.92. The Balaban J connectivity index is 1.11. The first-order chi connectivity index (χ1) is 21.3. The molecule has 236 valence electrons. The number of rotatable bonds is 7. The van der Waals surface area contributed by atoms with Gasteiger partial charge in [-0.25, -0.2) is 19.9 Å². The number of nitriles is 1. The third-order valence-electron chi connectivity index (χ3n) is 8.50. The molecule has 0 spiro atoms. The van der Waals surface area contributed by atoms with Crippen molar-refractivity contribution < 1.29 is 18.0 Å². The van der Waals surface area contributed by atoms with Crippen molar-refractivity contribution in [2.75, 3.05) is 26.2 Å². The Morgan fingerprint density at radius 3 is 2.60 bits per heavy atom. The standard InChI is InChI=1S/C30H34F3N11O/c1-28(2,3)38-16-20-12-23(41-27(40-20)30(31,32)33)26(45)43-10-8-42(9-11-43)21-13-29(14-21,5-6-34)44-17-19(15-39-44)24-22-4-7-35-25(22)37-18-36-24/h4,7,12,15,17-18,21,38H,5,8-11,13-14,16H2,1-3H3,(H,35,36,37)/t21-,29+. The van der Waals surface area contributed by atoms with E-state index in [-0.39, 0.29) is 29.5 Å². The summed E-state index contributed by atoms with van der Waals surface area (Å²) in [5.41, 5.74) is 1.38. The van der Waals surface area contributed by atoms with E-state index in [9.17, 15) is 23.2 Å². The molecule has 12 nitrogen and oxygen atoms in total. The zero-order chi connectivity index (χ0) is 32.0. The molecule has 1 amide bonds. The Labute approximate surface area is 257 Å². The zero-order valence-electron chi connectivity index (χ0n) is 25.3. The minimum atomic E-state index is -4.77. The number of piperazine rings is 1. The van der Waals surface area contributed by atoms with Gasteiger partial charge in [0.25, 0.3) is 5.91 Å². The van der Waals surface area contributed by atoms with Crippen molar-refractivity contribution in [2.45, 2.75) is 69.9 Å². The highest BCUT2D eigenvalue weighted by Gasteiger charge is 2.49. The molecule has 6 rings (SSSR count). The van der Waals surface area contributed by atoms with Crippen LogP contribution in [0.25, 0.3) is 22.3 Å². The van der Waals surface area contributed by atoms with E-state index in [1.807, 2.05) is 43.9 Å². The normalized spacial score (nSPS) is 21.1. The van der Waals surface area contributed by atoms with Crippen molar-refractivity contribution in [1.29, 1.82) is 5.26 Å². The number of aromatic nitrogens is 7. The van der Waals surface area contributed by atoms with Crippen molar-refractivity contribution in [1.82, 2.24) is 49.8 Å². The smallest absolute Gasteiger partial charge is 0.346 e. The van der Waals surface area contributed by atoms with Crippen molar-refractivity contribution in [2.24, 2.45) is 0 Å². The lowest BCUT2D eigenvalue weighted by Crippen LogP contribution is -2.60. The number of halogens is 3. The number of H-pyrrole nitrogens is 1. The summed E-state index contributed by atoms with van der Waals surface area (Å²) in [6.45, 7) is 7.58. The van der Waals surface area contributed by atoms with E-state index in [0.29, 0.717) is 45.4 Å². The van der Waals surface area contributed by atoms with Gasteiger partial charge in [0.1, 0.15) is 17.7 Å². The van der Waals surface area contributed by atoms with Gasteiger partial charge < -0.3 is 15.2 Å². The number of fused-ring (bicyclic) bond motifs is 1. The summed E-state index contributed by atoms with van der Waals surface area (Å²) in [6.07, 6.45) is 3.95. The van der Waals surface area contributed by atoms with Gasteiger partial charge in [-0.2, -0.15) is 23.5 Å². The van der Waals surface area contributed by atoms with Crippen LogP contribution in [0.5, 0.6) is 0 Å². The van der Waals surface area contributed by atoms with Crippen LogP contribution in [-0.4, -0.2) is 88.2 Å². The predicted octanol–water partition coefficient (Wildman–Crippen LogP) is 3.75. The number of hydrogen-bond acceptors (Lipinski definition) is 9. The summed E-state index contributed by atoms with van der Waals surface area (Å²) in [4.78, 5) is 36.2. The highest BCUT2D eigenvalue weighted by Crippen LogP contribution is 2.45. The topological polar surface area (TPSA) is 145 Å². The van der Waals surface area contributed by atoms with Gasteiger partial charge in [0.05, 0.1) is 35.6 Å². The molecule has 1 saturated heterocycles. The Morgan fingerprint density at radius 1 is 1.16 bits per heavy atom. The molecular formula is C30H34F3N11O. The minimum absolute atomic E-state index is 0.0720. The fourth-order valence-corrected chi connectivity index (χ4v) is 6.07. The largest absolute Gasteiger partial charge is 0.451 e. The van der Waals surface area contributed by atoms with Crippen LogP contribution in [-0.2, 0) is 18.3 Å². The molecule has 0 unspecified atom stereocenters. The molecule has 4 aromatic heterocycles. The Hall–Kier alpha value is -4.42. The van der Waals surface area contributed by atoms with Crippen LogP contribution in [0.1, 0.15) is 62.0 Å². The molecule has 4 aromatic rings. The van der Waals surface area contributed by atoms with Gasteiger partial charge in [-0.1, -0.05) is 0 Å². The first kappa shape index (κ1) is 30.6. The van der Waals surface area contributed by atoms with E-state index in [4.69, 9.17) is 0 Å². The second-order valence-electron chi connectivity index (χ2n) is 12.8. The molecule has 2 N–H and O–H groups in total. The second-order valence-corrected chi connectivity index (χ2v) is 12.8. The van der Waals surface area contributed by atoms with Gasteiger partial charge in [-0.15, -0.1) is 0 Å².